The van der Waals surface area contributed by atoms with Crippen molar-refractivity contribution in [3.63, 3.8) is 0 Å². The van der Waals surface area contributed by atoms with Gasteiger partial charge in [0.1, 0.15) is 29.1 Å². The summed E-state index contributed by atoms with van der Waals surface area (Å²) in [6.45, 7) is 9.97. The number of benzene rings is 2. The molecule has 2 heterocycles. The molecule has 1 saturated heterocycles. The van der Waals surface area contributed by atoms with Crippen molar-refractivity contribution < 1.29 is 23.8 Å². The Labute approximate surface area is 205 Å². The molecule has 6 nitrogen and oxygen atoms in total. The number of aryl methyl sites for hydroxylation is 2. The van der Waals surface area contributed by atoms with Gasteiger partial charge in [-0.2, -0.15) is 0 Å². The van der Waals surface area contributed by atoms with Gasteiger partial charge in [0, 0.05) is 16.8 Å². The van der Waals surface area contributed by atoms with E-state index in [9.17, 15) is 14.7 Å². The minimum absolute atomic E-state index is 0.00561. The Morgan fingerprint density at radius 1 is 1.06 bits per heavy atom. The van der Waals surface area contributed by atoms with Gasteiger partial charge in [-0.25, -0.2) is 0 Å². The maximum absolute atomic E-state index is 13.3. The molecule has 1 atom stereocenters. The molecule has 2 aromatic carbocycles. The molecule has 35 heavy (non-hydrogen) atoms. The summed E-state index contributed by atoms with van der Waals surface area (Å²) < 4.78 is 11.4. The first-order valence-electron chi connectivity index (χ1n) is 11.7. The molecule has 0 spiro atoms. The van der Waals surface area contributed by atoms with Gasteiger partial charge in [0.2, 0.25) is 0 Å². The van der Waals surface area contributed by atoms with Crippen LogP contribution in [0.4, 0.5) is 5.69 Å². The second-order valence-corrected chi connectivity index (χ2v) is 9.80. The molecule has 182 valence electrons. The average Bonchev–Trinajstić information content (AvgIpc) is 3.38. The lowest BCUT2D eigenvalue weighted by Gasteiger charge is -2.24. The lowest BCUT2D eigenvalue weighted by Crippen LogP contribution is -2.29. The van der Waals surface area contributed by atoms with Crippen molar-refractivity contribution in [3.05, 3.63) is 88.4 Å². The van der Waals surface area contributed by atoms with Gasteiger partial charge in [0.05, 0.1) is 12.7 Å². The van der Waals surface area contributed by atoms with Crippen molar-refractivity contribution in [3.8, 4) is 5.75 Å². The summed E-state index contributed by atoms with van der Waals surface area (Å²) in [7, 11) is 1.60. The fourth-order valence-electron chi connectivity index (χ4n) is 4.46. The molecule has 0 bridgehead atoms. The molecule has 1 aliphatic heterocycles. The molecule has 1 N–H and O–H groups in total. The molecule has 0 radical (unpaired) electrons. The van der Waals surface area contributed by atoms with E-state index >= 15 is 0 Å². The van der Waals surface area contributed by atoms with Gasteiger partial charge in [0.15, 0.2) is 0 Å². The molecule has 1 aliphatic rings. The lowest BCUT2D eigenvalue weighted by atomic mass is 9.84. The largest absolute Gasteiger partial charge is 0.507 e. The van der Waals surface area contributed by atoms with Crippen LogP contribution in [0.1, 0.15) is 61.9 Å². The third-order valence-corrected chi connectivity index (χ3v) is 6.38. The fraction of sp³-hybridized carbons (Fsp3) is 0.310. The quantitative estimate of drug-likeness (QED) is 0.276. The topological polar surface area (TPSA) is 80.0 Å². The first-order valence-corrected chi connectivity index (χ1v) is 11.7. The van der Waals surface area contributed by atoms with Gasteiger partial charge in [-0.1, -0.05) is 39.8 Å². The molecular weight excluding hydrogens is 442 g/mol. The van der Waals surface area contributed by atoms with E-state index < -0.39 is 17.7 Å². The van der Waals surface area contributed by atoms with Gasteiger partial charge >= 0.3 is 0 Å². The smallest absolute Gasteiger partial charge is 0.300 e. The monoisotopic (exact) mass is 473 g/mol. The molecule has 3 aromatic rings. The number of aliphatic hydroxyl groups excluding tert-OH is 1. The van der Waals surface area contributed by atoms with E-state index in [1.807, 2.05) is 58.0 Å². The van der Waals surface area contributed by atoms with E-state index in [1.165, 1.54) is 4.90 Å². The number of hydrogen-bond donors (Lipinski definition) is 1. The fourth-order valence-corrected chi connectivity index (χ4v) is 4.46. The van der Waals surface area contributed by atoms with Crippen LogP contribution in [0.3, 0.4) is 0 Å². The highest BCUT2D eigenvalue weighted by molar-refractivity contribution is 6.51. The van der Waals surface area contributed by atoms with Gasteiger partial charge in [0.25, 0.3) is 11.7 Å². The van der Waals surface area contributed by atoms with E-state index in [2.05, 4.69) is 0 Å². The van der Waals surface area contributed by atoms with Crippen LogP contribution in [0.5, 0.6) is 5.75 Å². The predicted molar refractivity (Wildman–Crippen MR) is 136 cm³/mol. The number of hydrogen-bond acceptors (Lipinski definition) is 5. The van der Waals surface area contributed by atoms with E-state index in [0.717, 1.165) is 17.5 Å². The normalized spacial score (nSPS) is 17.8. The molecule has 6 heteroatoms. The molecule has 4 rings (SSSR count). The zero-order valence-corrected chi connectivity index (χ0v) is 21.0. The van der Waals surface area contributed by atoms with Gasteiger partial charge in [-0.3, -0.25) is 14.5 Å². The van der Waals surface area contributed by atoms with Crippen LogP contribution in [-0.4, -0.2) is 23.9 Å². The zero-order valence-electron chi connectivity index (χ0n) is 21.0. The number of aliphatic hydroxyl groups is 1. The minimum atomic E-state index is -0.892. The Morgan fingerprint density at radius 2 is 1.74 bits per heavy atom. The first-order chi connectivity index (χ1) is 16.6. The molecule has 1 unspecified atom stereocenters. The molecule has 0 saturated carbocycles. The summed E-state index contributed by atoms with van der Waals surface area (Å²) in [6, 6.07) is 15.4. The molecule has 1 amide bonds. The predicted octanol–water partition coefficient (Wildman–Crippen LogP) is 6.08. The Morgan fingerprint density at radius 3 is 2.29 bits per heavy atom. The van der Waals surface area contributed by atoms with Crippen LogP contribution in [0.2, 0.25) is 0 Å². The third kappa shape index (κ3) is 4.36. The average molecular weight is 474 g/mol. The third-order valence-electron chi connectivity index (χ3n) is 6.38. The van der Waals surface area contributed by atoms with E-state index in [-0.39, 0.29) is 16.7 Å². The highest BCUT2D eigenvalue weighted by Gasteiger charge is 2.48. The maximum atomic E-state index is 13.3. The van der Waals surface area contributed by atoms with Crippen molar-refractivity contribution in [2.24, 2.45) is 0 Å². The summed E-state index contributed by atoms with van der Waals surface area (Å²) in [5, 5.41) is 11.4. The van der Waals surface area contributed by atoms with Crippen molar-refractivity contribution in [2.75, 3.05) is 12.0 Å². The number of methoxy groups -OCH3 is 1. The number of anilines is 1. The number of carbonyl (C=O) groups excluding carboxylic acids is 2. The van der Waals surface area contributed by atoms with Crippen molar-refractivity contribution >= 4 is 23.1 Å². The highest BCUT2D eigenvalue weighted by atomic mass is 16.5. The highest BCUT2D eigenvalue weighted by Crippen LogP contribution is 2.43. The van der Waals surface area contributed by atoms with Crippen molar-refractivity contribution in [1.29, 1.82) is 0 Å². The maximum Gasteiger partial charge on any atom is 0.300 e. The summed E-state index contributed by atoms with van der Waals surface area (Å²) in [5.41, 5.74) is 2.71. The summed E-state index contributed by atoms with van der Waals surface area (Å²) in [4.78, 5) is 28.0. The number of rotatable bonds is 5. The van der Waals surface area contributed by atoms with Gasteiger partial charge in [-0.05, 0) is 66.8 Å². The lowest BCUT2D eigenvalue weighted by molar-refractivity contribution is -0.132. The minimum Gasteiger partial charge on any atom is -0.507 e. The second-order valence-electron chi connectivity index (χ2n) is 9.80. The SMILES string of the molecule is CCc1ccc(N2C(=O)C(=O)/C(=C(\O)c3ccc(OC)c(C(C)(C)C)c3)C2c2ccc(C)o2)cc1. The molecular formula is C29H31NO5. The Balaban J connectivity index is 1.92. The van der Waals surface area contributed by atoms with Crippen molar-refractivity contribution in [1.82, 2.24) is 0 Å². The van der Waals surface area contributed by atoms with Crippen LogP contribution in [-0.2, 0) is 21.4 Å². The van der Waals surface area contributed by atoms with Crippen LogP contribution < -0.4 is 9.64 Å². The number of amides is 1. The van der Waals surface area contributed by atoms with Crippen molar-refractivity contribution in [2.45, 2.75) is 52.5 Å². The number of furan rings is 1. The summed E-state index contributed by atoms with van der Waals surface area (Å²) in [5.74, 6) is 0.0272. The zero-order chi connectivity index (χ0) is 25.5. The Bertz CT molecular complexity index is 1310. The Hall–Kier alpha value is -3.80. The number of carbonyl (C=O) groups is 2. The number of nitrogens with zero attached hydrogens (tertiary/aromatic N) is 1. The number of ether oxygens (including phenoxy) is 1. The van der Waals surface area contributed by atoms with Crippen LogP contribution in [0.25, 0.3) is 5.76 Å². The van der Waals surface area contributed by atoms with E-state index in [1.54, 1.807) is 38.3 Å². The molecule has 0 aliphatic carbocycles. The summed E-state index contributed by atoms with van der Waals surface area (Å²) >= 11 is 0. The second kappa shape index (κ2) is 9.10. The summed E-state index contributed by atoms with van der Waals surface area (Å²) in [6.07, 6.45) is 0.855. The first kappa shape index (κ1) is 24.3. The standard InChI is InChI=1S/C29H31NO5/c1-7-18-9-12-20(13-10-18)30-25(23-14-8-17(2)35-23)24(27(32)28(30)33)26(31)19-11-15-22(34-6)21(16-19)29(3,4)5/h8-16,25,31H,7H2,1-6H3/b26-24-. The molecule has 1 fully saturated rings. The van der Waals surface area contributed by atoms with Crippen LogP contribution in [0, 0.1) is 6.92 Å². The van der Waals surface area contributed by atoms with E-state index in [4.69, 9.17) is 9.15 Å². The molecule has 1 aromatic heterocycles. The van der Waals surface area contributed by atoms with Crippen LogP contribution >= 0.6 is 0 Å². The van der Waals surface area contributed by atoms with Crippen LogP contribution in [0.15, 0.2) is 64.6 Å². The Kier molecular flexibility index (Phi) is 6.32. The number of ketones is 1. The van der Waals surface area contributed by atoms with Gasteiger partial charge in [-0.15, -0.1) is 0 Å². The van der Waals surface area contributed by atoms with E-state index in [0.29, 0.717) is 28.5 Å². The number of Topliss-reactive ketones (excluding diaryl/α,β-unsaturated/α-hetero) is 1. The van der Waals surface area contributed by atoms with Gasteiger partial charge < -0.3 is 14.3 Å².